The van der Waals surface area contributed by atoms with Gasteiger partial charge in [0, 0.05) is 11.6 Å². The lowest BCUT2D eigenvalue weighted by Gasteiger charge is -2.11. The van der Waals surface area contributed by atoms with Gasteiger partial charge in [0.1, 0.15) is 5.82 Å². The van der Waals surface area contributed by atoms with E-state index < -0.39 is 17.4 Å². The smallest absolute Gasteiger partial charge is 0.276 e. The van der Waals surface area contributed by atoms with Crippen LogP contribution in [0.2, 0.25) is 5.02 Å². The zero-order valence-corrected chi connectivity index (χ0v) is 16.1. The van der Waals surface area contributed by atoms with Crippen LogP contribution in [-0.2, 0) is 0 Å². The van der Waals surface area contributed by atoms with Gasteiger partial charge in [0.25, 0.3) is 17.4 Å². The van der Waals surface area contributed by atoms with E-state index >= 15 is 0 Å². The molecule has 148 valence electrons. The average Bonchev–Trinajstić information content (AvgIpc) is 2.76. The molecule has 0 aliphatic rings. The predicted molar refractivity (Wildman–Crippen MR) is 114 cm³/mol. The van der Waals surface area contributed by atoms with Crippen molar-refractivity contribution in [3.8, 4) is 0 Å². The van der Waals surface area contributed by atoms with Crippen molar-refractivity contribution in [3.63, 3.8) is 0 Å². The molecule has 4 rings (SSSR count). The summed E-state index contributed by atoms with van der Waals surface area (Å²) >= 11 is 5.81. The number of para-hydroxylation sites is 1. The summed E-state index contributed by atoms with van der Waals surface area (Å²) in [6.07, 6.45) is 1.41. The van der Waals surface area contributed by atoms with Crippen LogP contribution in [0.5, 0.6) is 0 Å². The van der Waals surface area contributed by atoms with Gasteiger partial charge < -0.3 is 10.6 Å². The fourth-order valence-electron chi connectivity index (χ4n) is 2.89. The number of hydrogen-bond acceptors (Lipinski definition) is 5. The number of benzene rings is 2. The van der Waals surface area contributed by atoms with Gasteiger partial charge in [-0.1, -0.05) is 41.9 Å². The molecule has 0 aliphatic heterocycles. The summed E-state index contributed by atoms with van der Waals surface area (Å²) in [7, 11) is 0. The second-order valence-corrected chi connectivity index (χ2v) is 6.70. The first-order valence-corrected chi connectivity index (χ1v) is 9.21. The van der Waals surface area contributed by atoms with Crippen LogP contribution in [0.4, 0.5) is 11.5 Å². The number of nitrogens with one attached hydrogen (secondary N) is 3. The van der Waals surface area contributed by atoms with E-state index in [1.54, 1.807) is 60.7 Å². The Bertz CT molecular complexity index is 1320. The summed E-state index contributed by atoms with van der Waals surface area (Å²) in [5, 5.41) is 12.7. The van der Waals surface area contributed by atoms with E-state index in [0.717, 1.165) is 0 Å². The molecule has 2 aromatic carbocycles. The molecule has 4 aromatic rings. The van der Waals surface area contributed by atoms with Gasteiger partial charge in [-0.05, 0) is 30.3 Å². The number of carbonyl (C=O) groups excluding carboxylic acids is 2. The van der Waals surface area contributed by atoms with Gasteiger partial charge in [-0.3, -0.25) is 14.4 Å². The van der Waals surface area contributed by atoms with E-state index in [9.17, 15) is 14.4 Å². The number of carbonyl (C=O) groups is 2. The molecular formula is C21H14ClN5O3. The van der Waals surface area contributed by atoms with Crippen molar-refractivity contribution in [2.75, 3.05) is 10.6 Å². The Morgan fingerprint density at radius 3 is 2.37 bits per heavy atom. The average molecular weight is 420 g/mol. The van der Waals surface area contributed by atoms with Gasteiger partial charge >= 0.3 is 0 Å². The molecule has 8 nitrogen and oxygen atoms in total. The molecule has 2 heterocycles. The molecule has 0 unspecified atom stereocenters. The molecule has 3 N–H and O–H groups in total. The highest BCUT2D eigenvalue weighted by Gasteiger charge is 2.18. The minimum absolute atomic E-state index is 0.0415. The number of pyridine rings is 1. The van der Waals surface area contributed by atoms with Crippen LogP contribution in [0.1, 0.15) is 20.8 Å². The van der Waals surface area contributed by atoms with Crippen LogP contribution in [0, 0.1) is 0 Å². The third-order valence-electron chi connectivity index (χ3n) is 4.30. The zero-order valence-electron chi connectivity index (χ0n) is 15.3. The molecule has 0 saturated heterocycles. The molecule has 0 spiro atoms. The molecule has 0 radical (unpaired) electrons. The van der Waals surface area contributed by atoms with E-state index in [2.05, 4.69) is 25.8 Å². The summed E-state index contributed by atoms with van der Waals surface area (Å²) in [5.74, 6) is -0.703. The maximum absolute atomic E-state index is 12.9. The molecule has 0 aliphatic carbocycles. The molecule has 0 saturated carbocycles. The standard InChI is InChI=1S/C21H14ClN5O3/c22-12-9-10-17(23-11-12)25-19(28)15-7-3-4-8-16(15)24-21(30)18-13-5-1-2-6-14(13)20(29)27-26-18/h1-11H,(H,24,30)(H,27,29)(H,23,25,28). The van der Waals surface area contributed by atoms with E-state index in [-0.39, 0.29) is 16.9 Å². The van der Waals surface area contributed by atoms with Gasteiger partial charge in [-0.25, -0.2) is 10.1 Å². The fourth-order valence-corrected chi connectivity index (χ4v) is 3.00. The monoisotopic (exact) mass is 419 g/mol. The quantitative estimate of drug-likeness (QED) is 0.468. The molecule has 2 amide bonds. The minimum atomic E-state index is -0.563. The normalized spacial score (nSPS) is 10.6. The van der Waals surface area contributed by atoms with Crippen LogP contribution in [0.25, 0.3) is 10.8 Å². The van der Waals surface area contributed by atoms with Crippen molar-refractivity contribution in [1.82, 2.24) is 15.2 Å². The summed E-state index contributed by atoms with van der Waals surface area (Å²) in [6.45, 7) is 0. The number of aromatic nitrogens is 3. The van der Waals surface area contributed by atoms with E-state index in [1.165, 1.54) is 6.20 Å². The number of hydrogen-bond donors (Lipinski definition) is 3. The van der Waals surface area contributed by atoms with Crippen molar-refractivity contribution < 1.29 is 9.59 Å². The van der Waals surface area contributed by atoms with Gasteiger partial charge in [0.15, 0.2) is 5.69 Å². The van der Waals surface area contributed by atoms with Gasteiger partial charge in [0.2, 0.25) is 0 Å². The Morgan fingerprint density at radius 1 is 0.867 bits per heavy atom. The van der Waals surface area contributed by atoms with Crippen molar-refractivity contribution in [1.29, 1.82) is 0 Å². The van der Waals surface area contributed by atoms with Crippen LogP contribution < -0.4 is 16.2 Å². The summed E-state index contributed by atoms with van der Waals surface area (Å²) < 4.78 is 0. The lowest BCUT2D eigenvalue weighted by atomic mass is 10.1. The highest BCUT2D eigenvalue weighted by molar-refractivity contribution is 6.30. The number of aromatic amines is 1. The Hall–Kier alpha value is -4.04. The molecule has 9 heteroatoms. The lowest BCUT2D eigenvalue weighted by molar-refractivity contribution is 0.102. The third-order valence-corrected chi connectivity index (χ3v) is 4.52. The van der Waals surface area contributed by atoms with Crippen LogP contribution in [0.3, 0.4) is 0 Å². The van der Waals surface area contributed by atoms with Crippen LogP contribution in [-0.4, -0.2) is 27.0 Å². The summed E-state index contributed by atoms with van der Waals surface area (Å²) in [5.41, 5.74) is 0.166. The maximum atomic E-state index is 12.9. The van der Waals surface area contributed by atoms with Gasteiger partial charge in [-0.15, -0.1) is 0 Å². The van der Waals surface area contributed by atoms with Crippen molar-refractivity contribution in [2.45, 2.75) is 0 Å². The number of rotatable bonds is 4. The number of amides is 2. The summed E-state index contributed by atoms with van der Waals surface area (Å²) in [6, 6.07) is 16.3. The second-order valence-electron chi connectivity index (χ2n) is 6.26. The fraction of sp³-hybridized carbons (Fsp3) is 0. The predicted octanol–water partition coefficient (Wildman–Crippen LogP) is 3.48. The first-order chi connectivity index (χ1) is 14.5. The zero-order chi connectivity index (χ0) is 21.1. The van der Waals surface area contributed by atoms with E-state index in [4.69, 9.17) is 11.6 Å². The SMILES string of the molecule is O=C(Nc1ccc(Cl)cn1)c1ccccc1NC(=O)c1n[nH]c(=O)c2ccccc12. The lowest BCUT2D eigenvalue weighted by Crippen LogP contribution is -2.21. The number of halogens is 1. The first kappa shape index (κ1) is 19.3. The van der Waals surface area contributed by atoms with E-state index in [1.807, 2.05) is 0 Å². The Labute approximate surface area is 174 Å². The van der Waals surface area contributed by atoms with E-state index in [0.29, 0.717) is 21.6 Å². The molecule has 0 bridgehead atoms. The number of nitrogens with zero attached hydrogens (tertiary/aromatic N) is 2. The Morgan fingerprint density at radius 2 is 1.60 bits per heavy atom. The maximum Gasteiger partial charge on any atom is 0.276 e. The van der Waals surface area contributed by atoms with Crippen molar-refractivity contribution >= 4 is 45.7 Å². The highest BCUT2D eigenvalue weighted by Crippen LogP contribution is 2.20. The topological polar surface area (TPSA) is 117 Å². The molecular weight excluding hydrogens is 406 g/mol. The van der Waals surface area contributed by atoms with Crippen LogP contribution >= 0.6 is 11.6 Å². The van der Waals surface area contributed by atoms with Crippen molar-refractivity contribution in [2.24, 2.45) is 0 Å². The van der Waals surface area contributed by atoms with Crippen molar-refractivity contribution in [3.05, 3.63) is 93.5 Å². The minimum Gasteiger partial charge on any atom is -0.320 e. The summed E-state index contributed by atoms with van der Waals surface area (Å²) in [4.78, 5) is 41.5. The molecule has 2 aromatic heterocycles. The number of anilines is 2. The first-order valence-electron chi connectivity index (χ1n) is 8.83. The third kappa shape index (κ3) is 3.89. The van der Waals surface area contributed by atoms with Gasteiger partial charge in [0.05, 0.1) is 21.7 Å². The largest absolute Gasteiger partial charge is 0.320 e. The Kier molecular flexibility index (Phi) is 5.23. The highest BCUT2D eigenvalue weighted by atomic mass is 35.5. The second kappa shape index (κ2) is 8.14. The number of fused-ring (bicyclic) bond motifs is 1. The van der Waals surface area contributed by atoms with Crippen LogP contribution in [0.15, 0.2) is 71.7 Å². The molecule has 0 fully saturated rings. The molecule has 0 atom stereocenters. The number of H-pyrrole nitrogens is 1. The Balaban J connectivity index is 1.62. The van der Waals surface area contributed by atoms with Gasteiger partial charge in [-0.2, -0.15) is 5.10 Å². The molecule has 30 heavy (non-hydrogen) atoms.